The van der Waals surface area contributed by atoms with Crippen LogP contribution in [0.4, 0.5) is 0 Å². The van der Waals surface area contributed by atoms with Crippen LogP contribution in [0.15, 0.2) is 6.33 Å². The van der Waals surface area contributed by atoms with Gasteiger partial charge in [-0.2, -0.15) is 5.10 Å². The minimum Gasteiger partial charge on any atom is -0.465 e. The fraction of sp³-hybridized carbons (Fsp3) is 0.714. The average molecular weight is 297 g/mol. The van der Waals surface area contributed by atoms with E-state index in [0.29, 0.717) is 12.4 Å². The lowest BCUT2D eigenvalue weighted by Gasteiger charge is -2.27. The van der Waals surface area contributed by atoms with Gasteiger partial charge in [0.2, 0.25) is 0 Å². The van der Waals surface area contributed by atoms with E-state index in [-0.39, 0.29) is 26.1 Å². The van der Waals surface area contributed by atoms with Gasteiger partial charge in [0, 0.05) is 13.0 Å². The number of carbonyl (C=O) groups is 2. The highest BCUT2D eigenvalue weighted by molar-refractivity contribution is 6.00. The van der Waals surface area contributed by atoms with E-state index in [1.165, 1.54) is 6.33 Å². The molecule has 0 unspecified atom stereocenters. The Kier molecular flexibility index (Phi) is 6.33. The van der Waals surface area contributed by atoms with Crippen LogP contribution in [-0.4, -0.2) is 39.9 Å². The summed E-state index contributed by atoms with van der Waals surface area (Å²) in [5.41, 5.74) is -1.37. The smallest absolute Gasteiger partial charge is 0.323 e. The molecule has 7 nitrogen and oxygen atoms in total. The molecular formula is C14H23N3O4. The molecule has 1 rings (SSSR count). The number of aromatic nitrogens is 3. The predicted octanol–water partition coefficient (Wildman–Crippen LogP) is 1.36. The zero-order chi connectivity index (χ0) is 15.9. The molecule has 0 aliphatic heterocycles. The predicted molar refractivity (Wildman–Crippen MR) is 75.4 cm³/mol. The molecule has 1 aromatic heterocycles. The summed E-state index contributed by atoms with van der Waals surface area (Å²) in [4.78, 5) is 28.9. The van der Waals surface area contributed by atoms with Crippen molar-refractivity contribution in [2.24, 2.45) is 5.41 Å². The lowest BCUT2D eigenvalue weighted by Crippen LogP contribution is -2.44. The Labute approximate surface area is 124 Å². The molecule has 0 bridgehead atoms. The van der Waals surface area contributed by atoms with Crippen molar-refractivity contribution in [2.45, 2.75) is 47.1 Å². The van der Waals surface area contributed by atoms with Crippen LogP contribution in [0.1, 0.15) is 39.9 Å². The summed E-state index contributed by atoms with van der Waals surface area (Å²) in [5, 5.41) is 4.07. The van der Waals surface area contributed by atoms with Crippen molar-refractivity contribution < 1.29 is 19.1 Å². The molecule has 118 valence electrons. The lowest BCUT2D eigenvalue weighted by atomic mass is 9.81. The average Bonchev–Trinajstić information content (AvgIpc) is 2.92. The first kappa shape index (κ1) is 17.1. The highest BCUT2D eigenvalue weighted by Gasteiger charge is 2.48. The van der Waals surface area contributed by atoms with Gasteiger partial charge < -0.3 is 9.47 Å². The van der Waals surface area contributed by atoms with Crippen LogP contribution in [-0.2, 0) is 32.0 Å². The van der Waals surface area contributed by atoms with Crippen molar-refractivity contribution in [2.75, 3.05) is 13.2 Å². The molecule has 1 aromatic rings. The van der Waals surface area contributed by atoms with Gasteiger partial charge in [-0.1, -0.05) is 6.92 Å². The second kappa shape index (κ2) is 7.75. The first-order chi connectivity index (χ1) is 10.1. The van der Waals surface area contributed by atoms with E-state index in [2.05, 4.69) is 10.1 Å². The van der Waals surface area contributed by atoms with E-state index in [4.69, 9.17) is 9.47 Å². The van der Waals surface area contributed by atoms with Gasteiger partial charge in [0.15, 0.2) is 5.41 Å². The van der Waals surface area contributed by atoms with Gasteiger partial charge in [-0.3, -0.25) is 14.3 Å². The molecule has 0 saturated heterocycles. The second-order valence-electron chi connectivity index (χ2n) is 4.55. The Morgan fingerprint density at radius 1 is 1.14 bits per heavy atom. The molecule has 0 N–H and O–H groups in total. The van der Waals surface area contributed by atoms with Gasteiger partial charge in [0.1, 0.15) is 12.2 Å². The molecule has 21 heavy (non-hydrogen) atoms. The second-order valence-corrected chi connectivity index (χ2v) is 4.55. The first-order valence-electron chi connectivity index (χ1n) is 7.26. The maximum absolute atomic E-state index is 12.4. The SMILES string of the molecule is CCOC(=O)C(CC)(Cc1ncnn1CC)C(=O)OCC. The van der Waals surface area contributed by atoms with Crippen LogP contribution in [0.25, 0.3) is 0 Å². The van der Waals surface area contributed by atoms with Gasteiger partial charge in [-0.15, -0.1) is 0 Å². The van der Waals surface area contributed by atoms with Crippen LogP contribution in [0.2, 0.25) is 0 Å². The quantitative estimate of drug-likeness (QED) is 0.532. The van der Waals surface area contributed by atoms with Gasteiger partial charge >= 0.3 is 11.9 Å². The number of esters is 2. The molecule has 0 atom stereocenters. The summed E-state index contributed by atoms with van der Waals surface area (Å²) in [5.74, 6) is -0.575. The maximum Gasteiger partial charge on any atom is 0.323 e. The number of hydrogen-bond donors (Lipinski definition) is 0. The summed E-state index contributed by atoms with van der Waals surface area (Å²) in [6, 6.07) is 0. The van der Waals surface area contributed by atoms with Gasteiger partial charge in [-0.25, -0.2) is 4.98 Å². The molecule has 1 heterocycles. The molecule has 0 aromatic carbocycles. The van der Waals surface area contributed by atoms with Crippen molar-refractivity contribution in [3.05, 3.63) is 12.2 Å². The van der Waals surface area contributed by atoms with Gasteiger partial charge in [-0.05, 0) is 27.2 Å². The third-order valence-corrected chi connectivity index (χ3v) is 3.39. The number of hydrogen-bond acceptors (Lipinski definition) is 6. The van der Waals surface area contributed by atoms with Gasteiger partial charge in [0.05, 0.1) is 13.2 Å². The highest BCUT2D eigenvalue weighted by atomic mass is 16.6. The number of carbonyl (C=O) groups excluding carboxylic acids is 2. The first-order valence-corrected chi connectivity index (χ1v) is 7.26. The molecule has 7 heteroatoms. The number of nitrogens with zero attached hydrogens (tertiary/aromatic N) is 3. The van der Waals surface area contributed by atoms with E-state index in [0.717, 1.165) is 0 Å². The van der Waals surface area contributed by atoms with E-state index in [1.54, 1.807) is 25.5 Å². The van der Waals surface area contributed by atoms with Crippen molar-refractivity contribution in [3.63, 3.8) is 0 Å². The highest BCUT2D eigenvalue weighted by Crippen LogP contribution is 2.30. The summed E-state index contributed by atoms with van der Waals surface area (Å²) in [6.07, 6.45) is 1.81. The third-order valence-electron chi connectivity index (χ3n) is 3.39. The summed E-state index contributed by atoms with van der Waals surface area (Å²) >= 11 is 0. The van der Waals surface area contributed by atoms with E-state index in [9.17, 15) is 9.59 Å². The molecule has 0 aliphatic rings. The largest absolute Gasteiger partial charge is 0.465 e. The van der Waals surface area contributed by atoms with E-state index in [1.807, 2.05) is 6.92 Å². The molecule has 0 radical (unpaired) electrons. The fourth-order valence-electron chi connectivity index (χ4n) is 2.14. The normalized spacial score (nSPS) is 11.2. The number of aryl methyl sites for hydroxylation is 1. The number of rotatable bonds is 8. The van der Waals surface area contributed by atoms with E-state index < -0.39 is 17.4 Å². The van der Waals surface area contributed by atoms with Crippen molar-refractivity contribution in [1.82, 2.24) is 14.8 Å². The molecule has 0 saturated carbocycles. The number of ether oxygens (including phenoxy) is 2. The van der Waals surface area contributed by atoms with Crippen molar-refractivity contribution in [3.8, 4) is 0 Å². The molecule has 0 spiro atoms. The lowest BCUT2D eigenvalue weighted by molar-refractivity contribution is -0.172. The molecular weight excluding hydrogens is 274 g/mol. The topological polar surface area (TPSA) is 83.3 Å². The Morgan fingerprint density at radius 2 is 1.71 bits per heavy atom. The Morgan fingerprint density at radius 3 is 2.14 bits per heavy atom. The Bertz CT molecular complexity index is 466. The van der Waals surface area contributed by atoms with Crippen LogP contribution in [0.3, 0.4) is 0 Å². The minimum absolute atomic E-state index is 0.120. The summed E-state index contributed by atoms with van der Waals surface area (Å²) < 4.78 is 11.8. The zero-order valence-electron chi connectivity index (χ0n) is 13.1. The van der Waals surface area contributed by atoms with Crippen molar-refractivity contribution >= 4 is 11.9 Å². The summed E-state index contributed by atoms with van der Waals surface area (Å²) in [6.45, 7) is 8.12. The minimum atomic E-state index is -1.37. The van der Waals surface area contributed by atoms with Crippen LogP contribution in [0, 0.1) is 5.41 Å². The zero-order valence-corrected chi connectivity index (χ0v) is 13.1. The monoisotopic (exact) mass is 297 g/mol. The van der Waals surface area contributed by atoms with Crippen LogP contribution in [0.5, 0.6) is 0 Å². The summed E-state index contributed by atoms with van der Waals surface area (Å²) in [7, 11) is 0. The third kappa shape index (κ3) is 3.59. The molecule has 0 fully saturated rings. The molecule has 0 aliphatic carbocycles. The fourth-order valence-corrected chi connectivity index (χ4v) is 2.14. The Balaban J connectivity index is 3.16. The molecule has 0 amide bonds. The Hall–Kier alpha value is -1.92. The van der Waals surface area contributed by atoms with Crippen molar-refractivity contribution in [1.29, 1.82) is 0 Å². The van der Waals surface area contributed by atoms with Crippen LogP contribution < -0.4 is 0 Å². The standard InChI is InChI=1S/C14H23N3O4/c1-5-14(12(18)20-7-3,13(19)21-8-4)9-11-15-10-16-17(11)6-2/h10H,5-9H2,1-4H3. The maximum atomic E-state index is 12.4. The van der Waals surface area contributed by atoms with Crippen LogP contribution >= 0.6 is 0 Å². The van der Waals surface area contributed by atoms with E-state index >= 15 is 0 Å². The van der Waals surface area contributed by atoms with Gasteiger partial charge in [0.25, 0.3) is 0 Å².